The minimum Gasteiger partial charge on any atom is -0.351 e. The second kappa shape index (κ2) is 11.4. The number of carbonyl (C=O) groups excluding carboxylic acids is 1. The molecule has 5 aromatic rings. The molecule has 0 spiro atoms. The van der Waals surface area contributed by atoms with E-state index in [1.165, 1.54) is 6.08 Å². The van der Waals surface area contributed by atoms with Gasteiger partial charge in [0.25, 0.3) is 0 Å². The number of nitrogens with zero attached hydrogens (tertiary/aromatic N) is 7. The number of pyridine rings is 1. The zero-order chi connectivity index (χ0) is 31.4. The number of hydrogen-bond acceptors (Lipinski definition) is 5. The summed E-state index contributed by atoms with van der Waals surface area (Å²) in [5.41, 5.74) is 2.75. The van der Waals surface area contributed by atoms with Gasteiger partial charge in [0.05, 0.1) is 16.9 Å². The van der Waals surface area contributed by atoms with Crippen molar-refractivity contribution in [3.63, 3.8) is 0 Å². The number of aromatic nitrogens is 3. The van der Waals surface area contributed by atoms with Crippen LogP contribution in [-0.4, -0.2) is 82.6 Å². The fourth-order valence-corrected chi connectivity index (χ4v) is 7.25. The van der Waals surface area contributed by atoms with E-state index in [1.807, 2.05) is 48.5 Å². The SMILES string of the molecule is [C-]#[N+]C[C@@H]1C[C@@H](n2cnc3c(N4CC(N(C)C)C4)nc4c(F)c(-c5cccc6ccccc56)c(Cl)cc4c32)CCN1C(=O)C=C. The largest absolute Gasteiger partial charge is 0.351 e. The summed E-state index contributed by atoms with van der Waals surface area (Å²) in [6.45, 7) is 13.4. The Bertz CT molecular complexity index is 2020. The molecule has 4 heterocycles. The highest BCUT2D eigenvalue weighted by molar-refractivity contribution is 6.35. The summed E-state index contributed by atoms with van der Waals surface area (Å²) in [6, 6.07) is 15.6. The Labute approximate surface area is 266 Å². The van der Waals surface area contributed by atoms with Crippen LogP contribution in [0.4, 0.5) is 10.2 Å². The normalized spacial score (nSPS) is 18.9. The van der Waals surface area contributed by atoms with Crippen molar-refractivity contribution in [1.82, 2.24) is 24.3 Å². The number of likely N-dealkylation sites (N-methyl/N-ethyl adjacent to an activating group) is 1. The van der Waals surface area contributed by atoms with Crippen molar-refractivity contribution >= 4 is 56.0 Å². The summed E-state index contributed by atoms with van der Waals surface area (Å²) in [5.74, 6) is 0.0145. The topological polar surface area (TPSA) is 61.9 Å². The number of carbonyl (C=O) groups is 1. The van der Waals surface area contributed by atoms with Crippen LogP contribution >= 0.6 is 11.6 Å². The molecule has 228 valence electrons. The number of halogens is 2. The molecule has 1 amide bonds. The molecule has 2 saturated heterocycles. The lowest BCUT2D eigenvalue weighted by atomic mass is 9.95. The van der Waals surface area contributed by atoms with Crippen LogP contribution in [0.2, 0.25) is 5.02 Å². The Morgan fingerprint density at radius 3 is 2.71 bits per heavy atom. The summed E-state index contributed by atoms with van der Waals surface area (Å²) in [5, 5.41) is 2.80. The standard InChI is InChI=1S/C35H33ClFN7O/c1-5-29(45)43-14-13-22(15-23(43)17-38-2)44-20-39-33-34(44)27-16-28(36)30(26-12-8-10-21-9-6-7-11-25(21)26)31(37)32(27)40-35(33)42-18-24(19-42)41(3)4/h5-12,16,20,22-24H,1,13-15,17-19H2,3-4H3/t22-,23-/m0/s1. The summed E-state index contributed by atoms with van der Waals surface area (Å²) in [6.07, 6.45) is 4.34. The predicted octanol–water partition coefficient (Wildman–Crippen LogP) is 6.58. The van der Waals surface area contributed by atoms with Crippen LogP contribution in [0.1, 0.15) is 18.9 Å². The third-order valence-electron chi connectivity index (χ3n) is 9.46. The molecule has 8 nitrogen and oxygen atoms in total. The van der Waals surface area contributed by atoms with Crippen molar-refractivity contribution in [2.45, 2.75) is 31.0 Å². The van der Waals surface area contributed by atoms with Gasteiger partial charge in [-0.2, -0.15) is 0 Å². The first-order valence-corrected chi connectivity index (χ1v) is 15.5. The van der Waals surface area contributed by atoms with Crippen molar-refractivity contribution < 1.29 is 9.18 Å². The van der Waals surface area contributed by atoms with Crippen LogP contribution in [0.15, 0.2) is 67.5 Å². The van der Waals surface area contributed by atoms with E-state index in [9.17, 15) is 4.79 Å². The van der Waals surface area contributed by atoms with Gasteiger partial charge in [-0.1, -0.05) is 60.6 Å². The van der Waals surface area contributed by atoms with Gasteiger partial charge in [0.15, 0.2) is 11.6 Å². The van der Waals surface area contributed by atoms with Gasteiger partial charge in [-0.05, 0) is 55.4 Å². The lowest BCUT2D eigenvalue weighted by Crippen LogP contribution is -2.57. The molecule has 0 N–H and O–H groups in total. The maximum absolute atomic E-state index is 17.0. The summed E-state index contributed by atoms with van der Waals surface area (Å²) < 4.78 is 19.1. The fourth-order valence-electron chi connectivity index (χ4n) is 6.96. The molecule has 0 radical (unpaired) electrons. The molecule has 0 aliphatic carbocycles. The molecule has 2 aliphatic rings. The highest BCUT2D eigenvalue weighted by atomic mass is 35.5. The minimum atomic E-state index is -0.466. The Morgan fingerprint density at radius 1 is 1.18 bits per heavy atom. The number of rotatable bonds is 6. The van der Waals surface area contributed by atoms with Crippen molar-refractivity contribution in [3.05, 3.63) is 89.8 Å². The highest BCUT2D eigenvalue weighted by Crippen LogP contribution is 2.43. The van der Waals surface area contributed by atoms with E-state index in [4.69, 9.17) is 28.1 Å². The van der Waals surface area contributed by atoms with Crippen LogP contribution in [0.5, 0.6) is 0 Å². The van der Waals surface area contributed by atoms with Crippen LogP contribution in [0.3, 0.4) is 0 Å². The summed E-state index contributed by atoms with van der Waals surface area (Å²) in [4.78, 5) is 32.1. The maximum atomic E-state index is 17.0. The Morgan fingerprint density at radius 2 is 1.96 bits per heavy atom. The summed E-state index contributed by atoms with van der Waals surface area (Å²) in [7, 11) is 4.11. The molecule has 2 atom stereocenters. The van der Waals surface area contributed by atoms with Gasteiger partial charge in [-0.15, -0.1) is 0 Å². The molecular formula is C35H33ClFN7O. The molecule has 0 bridgehead atoms. The van der Waals surface area contributed by atoms with Gasteiger partial charge in [0.1, 0.15) is 17.1 Å². The van der Waals surface area contributed by atoms with Crippen LogP contribution in [0, 0.1) is 12.4 Å². The quantitative estimate of drug-likeness (QED) is 0.158. The summed E-state index contributed by atoms with van der Waals surface area (Å²) >= 11 is 6.98. The second-order valence-electron chi connectivity index (χ2n) is 12.2. The zero-order valence-corrected chi connectivity index (χ0v) is 26.0. The lowest BCUT2D eigenvalue weighted by Gasteiger charge is -2.43. The maximum Gasteiger partial charge on any atom is 0.246 e. The van der Waals surface area contributed by atoms with Crippen molar-refractivity contribution in [1.29, 1.82) is 0 Å². The predicted molar refractivity (Wildman–Crippen MR) is 178 cm³/mol. The van der Waals surface area contributed by atoms with Gasteiger partial charge >= 0.3 is 0 Å². The van der Waals surface area contributed by atoms with E-state index in [2.05, 4.69) is 39.9 Å². The molecule has 2 fully saturated rings. The molecule has 7 rings (SSSR count). The molecule has 45 heavy (non-hydrogen) atoms. The first-order chi connectivity index (χ1) is 21.8. The smallest absolute Gasteiger partial charge is 0.246 e. The van der Waals surface area contributed by atoms with E-state index < -0.39 is 5.82 Å². The Kier molecular flexibility index (Phi) is 7.43. The minimum absolute atomic E-state index is 0.0560. The number of likely N-dealkylation sites (tertiary alicyclic amines) is 1. The molecule has 0 saturated carbocycles. The number of imidazole rings is 1. The third-order valence-corrected chi connectivity index (χ3v) is 9.76. The van der Waals surface area contributed by atoms with Crippen molar-refractivity contribution in [3.8, 4) is 11.1 Å². The van der Waals surface area contributed by atoms with E-state index >= 15 is 4.39 Å². The molecule has 2 aromatic heterocycles. The monoisotopic (exact) mass is 621 g/mol. The average molecular weight is 622 g/mol. The first kappa shape index (κ1) is 29.2. The third kappa shape index (κ3) is 4.80. The molecular weight excluding hydrogens is 589 g/mol. The van der Waals surface area contributed by atoms with Gasteiger partial charge in [-0.25, -0.2) is 20.9 Å². The van der Waals surface area contributed by atoms with E-state index in [-0.39, 0.29) is 30.1 Å². The first-order valence-electron chi connectivity index (χ1n) is 15.1. The molecule has 3 aromatic carbocycles. The Balaban J connectivity index is 1.43. The number of fused-ring (bicyclic) bond motifs is 4. The van der Waals surface area contributed by atoms with Crippen LogP contribution in [0.25, 0.3) is 48.7 Å². The molecule has 10 heteroatoms. The van der Waals surface area contributed by atoms with Gasteiger partial charge in [-0.3, -0.25) is 4.79 Å². The van der Waals surface area contributed by atoms with Gasteiger partial charge in [0, 0.05) is 42.7 Å². The van der Waals surface area contributed by atoms with Crippen molar-refractivity contribution in [2.24, 2.45) is 0 Å². The zero-order valence-electron chi connectivity index (χ0n) is 25.2. The number of anilines is 1. The van der Waals surface area contributed by atoms with E-state index in [0.29, 0.717) is 58.3 Å². The molecule has 0 unspecified atom stereocenters. The Hall–Kier alpha value is -4.52. The van der Waals surface area contributed by atoms with E-state index in [1.54, 1.807) is 11.2 Å². The second-order valence-corrected chi connectivity index (χ2v) is 12.6. The molecule has 2 aliphatic heterocycles. The fraction of sp³-hybridized carbons (Fsp3) is 0.314. The lowest BCUT2D eigenvalue weighted by molar-refractivity contribution is -0.129. The van der Waals surface area contributed by atoms with Crippen LogP contribution < -0.4 is 4.90 Å². The van der Waals surface area contributed by atoms with Crippen LogP contribution in [-0.2, 0) is 4.79 Å². The van der Waals surface area contributed by atoms with Crippen molar-refractivity contribution in [2.75, 3.05) is 45.2 Å². The van der Waals surface area contributed by atoms with Gasteiger partial charge in [0.2, 0.25) is 12.5 Å². The van der Waals surface area contributed by atoms with E-state index in [0.717, 1.165) is 29.4 Å². The highest BCUT2D eigenvalue weighted by Gasteiger charge is 2.36. The average Bonchev–Trinajstić information content (AvgIpc) is 3.46. The van der Waals surface area contributed by atoms with Gasteiger partial charge < -0.3 is 24.1 Å². The number of benzene rings is 3. The number of piperidine rings is 1. The number of hydrogen-bond donors (Lipinski definition) is 0. The number of amides is 1.